The Bertz CT molecular complexity index is 727. The molecule has 9 heteroatoms. The highest BCUT2D eigenvalue weighted by molar-refractivity contribution is 7.92. The van der Waals surface area contributed by atoms with Crippen LogP contribution in [0.4, 0.5) is 5.88 Å². The number of anilines is 1. The van der Waals surface area contributed by atoms with E-state index in [-0.39, 0.29) is 21.5 Å². The normalized spacial score (nSPS) is 12.7. The summed E-state index contributed by atoms with van der Waals surface area (Å²) >= 11 is 5.87. The molecule has 1 N–H and O–H groups in total. The fraction of sp³-hybridized carbons (Fsp3) is 0.455. The van der Waals surface area contributed by atoms with Gasteiger partial charge in [0.2, 0.25) is 10.9 Å². The Morgan fingerprint density at radius 2 is 2.05 bits per heavy atom. The molecule has 0 aliphatic heterocycles. The number of hydrogen-bond acceptors (Lipinski definition) is 5. The van der Waals surface area contributed by atoms with E-state index in [1.54, 1.807) is 7.05 Å². The monoisotopic (exact) mass is 318 g/mol. The number of nitrogens with one attached hydrogen (secondary N) is 1. The van der Waals surface area contributed by atoms with E-state index in [1.165, 1.54) is 17.0 Å². The maximum absolute atomic E-state index is 12.1. The van der Waals surface area contributed by atoms with Gasteiger partial charge in [0, 0.05) is 18.5 Å². The smallest absolute Gasteiger partial charge is 0.284 e. The number of rotatable bonds is 3. The molecule has 0 aromatic carbocycles. The van der Waals surface area contributed by atoms with Crippen LogP contribution in [-0.4, -0.2) is 23.1 Å². The molecule has 0 aliphatic carbocycles. The zero-order chi connectivity index (χ0) is 15.1. The van der Waals surface area contributed by atoms with Gasteiger partial charge in [0.05, 0.1) is 12.0 Å². The lowest BCUT2D eigenvalue weighted by atomic mass is 9.92. The summed E-state index contributed by atoms with van der Waals surface area (Å²) in [5.41, 5.74) is 0.401. The van der Waals surface area contributed by atoms with Crippen LogP contribution in [0.2, 0.25) is 5.15 Å². The molecule has 0 spiro atoms. The van der Waals surface area contributed by atoms with Crippen molar-refractivity contribution in [2.75, 3.05) is 4.72 Å². The molecule has 0 unspecified atom stereocenters. The lowest BCUT2D eigenvalue weighted by Gasteiger charge is -2.12. The van der Waals surface area contributed by atoms with E-state index in [4.69, 9.17) is 16.1 Å². The van der Waals surface area contributed by atoms with Gasteiger partial charge in [0.15, 0.2) is 0 Å². The minimum atomic E-state index is -3.90. The van der Waals surface area contributed by atoms with E-state index in [0.29, 0.717) is 5.69 Å². The quantitative estimate of drug-likeness (QED) is 0.936. The first-order valence-corrected chi connectivity index (χ1v) is 7.64. The molecule has 2 heterocycles. The first-order chi connectivity index (χ1) is 9.11. The Kier molecular flexibility index (Phi) is 3.55. The van der Waals surface area contributed by atoms with E-state index in [2.05, 4.69) is 14.9 Å². The Labute approximate surface area is 122 Å². The molecule has 2 aromatic rings. The second kappa shape index (κ2) is 4.78. The molecule has 0 bridgehead atoms. The van der Waals surface area contributed by atoms with Crippen molar-refractivity contribution < 1.29 is 12.9 Å². The van der Waals surface area contributed by atoms with E-state index < -0.39 is 10.0 Å². The predicted octanol–water partition coefficient (Wildman–Crippen LogP) is 2.16. The van der Waals surface area contributed by atoms with Crippen LogP contribution in [0, 0.1) is 0 Å². The highest BCUT2D eigenvalue weighted by atomic mass is 35.5. The van der Waals surface area contributed by atoms with Gasteiger partial charge in [0.1, 0.15) is 5.15 Å². The molecule has 2 rings (SSSR count). The third-order valence-electron chi connectivity index (χ3n) is 2.60. The van der Waals surface area contributed by atoms with Crippen LogP contribution in [0.3, 0.4) is 0 Å². The zero-order valence-electron chi connectivity index (χ0n) is 11.5. The highest BCUT2D eigenvalue weighted by Crippen LogP contribution is 2.26. The molecule has 2 aromatic heterocycles. The van der Waals surface area contributed by atoms with Crippen LogP contribution < -0.4 is 4.72 Å². The topological polar surface area (TPSA) is 90.0 Å². The van der Waals surface area contributed by atoms with Gasteiger partial charge >= 0.3 is 0 Å². The van der Waals surface area contributed by atoms with Gasteiger partial charge in [-0.2, -0.15) is 8.42 Å². The fourth-order valence-corrected chi connectivity index (χ4v) is 2.84. The summed E-state index contributed by atoms with van der Waals surface area (Å²) < 4.78 is 32.9. The second-order valence-electron chi connectivity index (χ2n) is 5.38. The SMILES string of the molecule is Cn1cnc(S(=O)(=O)Nc2cc(C(C)(C)C)no2)c1Cl. The summed E-state index contributed by atoms with van der Waals surface area (Å²) in [6.07, 6.45) is 1.32. The Hall–Kier alpha value is -1.54. The van der Waals surface area contributed by atoms with Crippen LogP contribution in [0.25, 0.3) is 0 Å². The van der Waals surface area contributed by atoms with E-state index in [9.17, 15) is 8.42 Å². The molecule has 7 nitrogen and oxygen atoms in total. The van der Waals surface area contributed by atoms with Crippen LogP contribution in [0.5, 0.6) is 0 Å². The average molecular weight is 319 g/mol. The first kappa shape index (κ1) is 14.9. The van der Waals surface area contributed by atoms with Crippen molar-refractivity contribution in [3.8, 4) is 0 Å². The predicted molar refractivity (Wildman–Crippen MR) is 74.2 cm³/mol. The van der Waals surface area contributed by atoms with Crippen molar-refractivity contribution in [2.24, 2.45) is 7.05 Å². The van der Waals surface area contributed by atoms with Gasteiger partial charge in [-0.3, -0.25) is 0 Å². The largest absolute Gasteiger partial charge is 0.338 e. The summed E-state index contributed by atoms with van der Waals surface area (Å²) in [6.45, 7) is 5.83. The van der Waals surface area contributed by atoms with Gasteiger partial charge < -0.3 is 9.09 Å². The molecule has 20 heavy (non-hydrogen) atoms. The first-order valence-electron chi connectivity index (χ1n) is 5.78. The number of aryl methyl sites for hydroxylation is 1. The van der Waals surface area contributed by atoms with Crippen LogP contribution in [0.15, 0.2) is 21.9 Å². The van der Waals surface area contributed by atoms with Gasteiger partial charge in [-0.05, 0) is 0 Å². The van der Waals surface area contributed by atoms with Gasteiger partial charge in [0.25, 0.3) is 10.0 Å². The minimum Gasteiger partial charge on any atom is -0.338 e. The molecular formula is C11H15ClN4O3S. The number of nitrogens with zero attached hydrogens (tertiary/aromatic N) is 3. The standard InChI is InChI=1S/C11H15ClN4O3S/c1-11(2,3)7-5-8(19-14-7)15-20(17,18)10-9(12)16(4)6-13-10/h5-6,15H,1-4H3. The van der Waals surface area contributed by atoms with Gasteiger partial charge in [-0.25, -0.2) is 9.71 Å². The summed E-state index contributed by atoms with van der Waals surface area (Å²) in [5, 5.41) is 3.60. The lowest BCUT2D eigenvalue weighted by molar-refractivity contribution is 0.405. The van der Waals surface area contributed by atoms with Crippen LogP contribution >= 0.6 is 11.6 Å². The third kappa shape index (κ3) is 2.80. The summed E-state index contributed by atoms with van der Waals surface area (Å²) in [7, 11) is -2.31. The van der Waals surface area contributed by atoms with Crippen molar-refractivity contribution >= 4 is 27.5 Å². The maximum Gasteiger partial charge on any atom is 0.284 e. The number of sulfonamides is 1. The fourth-order valence-electron chi connectivity index (χ4n) is 1.43. The zero-order valence-corrected chi connectivity index (χ0v) is 13.1. The van der Waals surface area contributed by atoms with Crippen molar-refractivity contribution in [3.63, 3.8) is 0 Å². The number of aromatic nitrogens is 3. The number of imidazole rings is 1. The van der Waals surface area contributed by atoms with E-state index >= 15 is 0 Å². The highest BCUT2D eigenvalue weighted by Gasteiger charge is 2.25. The van der Waals surface area contributed by atoms with Crippen LogP contribution in [0.1, 0.15) is 26.5 Å². The third-order valence-corrected chi connectivity index (χ3v) is 4.44. The molecule has 0 saturated carbocycles. The van der Waals surface area contributed by atoms with E-state index in [1.807, 2.05) is 20.8 Å². The number of halogens is 1. The summed E-state index contributed by atoms with van der Waals surface area (Å²) in [4.78, 5) is 3.76. The van der Waals surface area contributed by atoms with E-state index in [0.717, 1.165) is 0 Å². The Morgan fingerprint density at radius 1 is 1.40 bits per heavy atom. The summed E-state index contributed by atoms with van der Waals surface area (Å²) in [6, 6.07) is 1.54. The Balaban J connectivity index is 2.30. The average Bonchev–Trinajstić information content (AvgIpc) is 2.86. The summed E-state index contributed by atoms with van der Waals surface area (Å²) in [5.74, 6) is 0.0247. The van der Waals surface area contributed by atoms with Gasteiger partial charge in [-0.15, -0.1) is 0 Å². The van der Waals surface area contributed by atoms with Crippen molar-refractivity contribution in [1.82, 2.24) is 14.7 Å². The molecule has 0 amide bonds. The van der Waals surface area contributed by atoms with Crippen molar-refractivity contribution in [3.05, 3.63) is 23.2 Å². The van der Waals surface area contributed by atoms with Crippen molar-refractivity contribution in [1.29, 1.82) is 0 Å². The molecule has 0 aliphatic rings. The minimum absolute atomic E-state index is 0.0214. The molecule has 0 saturated heterocycles. The molecule has 0 radical (unpaired) electrons. The Morgan fingerprint density at radius 3 is 2.50 bits per heavy atom. The van der Waals surface area contributed by atoms with Gasteiger partial charge in [-0.1, -0.05) is 37.5 Å². The van der Waals surface area contributed by atoms with Crippen molar-refractivity contribution in [2.45, 2.75) is 31.2 Å². The molecular weight excluding hydrogens is 304 g/mol. The maximum atomic E-state index is 12.1. The second-order valence-corrected chi connectivity index (χ2v) is 7.34. The molecule has 0 fully saturated rings. The van der Waals surface area contributed by atoms with Crippen LogP contribution in [-0.2, 0) is 22.5 Å². The molecule has 110 valence electrons. The lowest BCUT2D eigenvalue weighted by Crippen LogP contribution is -2.14. The number of hydrogen-bond donors (Lipinski definition) is 1. The molecule has 0 atom stereocenters.